The van der Waals surface area contributed by atoms with Crippen LogP contribution in [-0.2, 0) is 7.05 Å². The Morgan fingerprint density at radius 3 is 2.62 bits per heavy atom. The van der Waals surface area contributed by atoms with Gasteiger partial charge in [0, 0.05) is 38.8 Å². The van der Waals surface area contributed by atoms with Gasteiger partial charge in [-0.3, -0.25) is 14.3 Å². The lowest BCUT2D eigenvalue weighted by atomic mass is 9.85. The zero-order valence-electron chi connectivity index (χ0n) is 18.5. The first-order chi connectivity index (χ1) is 15.4. The summed E-state index contributed by atoms with van der Waals surface area (Å²) in [6.07, 6.45) is 3.68. The Morgan fingerprint density at radius 2 is 1.91 bits per heavy atom. The number of carbonyl (C=O) groups excluding carboxylic acids is 2. The molecule has 0 bridgehead atoms. The van der Waals surface area contributed by atoms with Crippen LogP contribution in [0, 0.1) is 19.8 Å². The number of likely N-dealkylation sites (tertiary alicyclic amines) is 1. The topological polar surface area (TPSA) is 90.5 Å². The first kappa shape index (κ1) is 20.5. The molecular weight excluding hydrogens is 408 g/mol. The van der Waals surface area contributed by atoms with E-state index < -0.39 is 0 Å². The number of Topliss-reactive ketones (excluding diaryl/α,β-unsaturated/α-hetero) is 1. The van der Waals surface area contributed by atoms with Crippen molar-refractivity contribution < 1.29 is 18.8 Å². The van der Waals surface area contributed by atoms with Gasteiger partial charge in [0.25, 0.3) is 5.91 Å². The Hall–Kier alpha value is -3.42. The minimum atomic E-state index is -0.138. The summed E-state index contributed by atoms with van der Waals surface area (Å²) < 4.78 is 13.3. The van der Waals surface area contributed by atoms with E-state index >= 15 is 0 Å². The molecule has 0 saturated carbocycles. The van der Waals surface area contributed by atoms with Crippen LogP contribution >= 0.6 is 0 Å². The summed E-state index contributed by atoms with van der Waals surface area (Å²) in [6.45, 7) is 5.07. The summed E-state index contributed by atoms with van der Waals surface area (Å²) >= 11 is 0. The number of hydrogen-bond donors (Lipinski definition) is 0. The average molecular weight is 434 g/mol. The molecule has 2 aliphatic heterocycles. The van der Waals surface area contributed by atoms with E-state index in [2.05, 4.69) is 10.3 Å². The Bertz CT molecular complexity index is 1190. The zero-order valence-corrected chi connectivity index (χ0v) is 18.5. The van der Waals surface area contributed by atoms with Gasteiger partial charge >= 0.3 is 0 Å². The summed E-state index contributed by atoms with van der Waals surface area (Å²) in [7, 11) is 1.84. The monoisotopic (exact) mass is 434 g/mol. The van der Waals surface area contributed by atoms with E-state index in [9.17, 15) is 9.59 Å². The number of rotatable bonds is 3. The van der Waals surface area contributed by atoms with E-state index in [1.165, 1.54) is 0 Å². The average Bonchev–Trinajstić information content (AvgIpc) is 3.39. The zero-order chi connectivity index (χ0) is 22.4. The van der Waals surface area contributed by atoms with Crippen LogP contribution in [0.25, 0.3) is 11.3 Å². The maximum atomic E-state index is 13.0. The number of ether oxygens (including phenoxy) is 1. The highest BCUT2D eigenvalue weighted by Gasteiger charge is 2.35. The third-order valence-electron chi connectivity index (χ3n) is 6.46. The maximum Gasteiger partial charge on any atom is 0.276 e. The Balaban J connectivity index is 1.23. The van der Waals surface area contributed by atoms with Gasteiger partial charge in [0.2, 0.25) is 0 Å². The smallest absolute Gasteiger partial charge is 0.276 e. The molecule has 8 heteroatoms. The second-order valence-electron chi connectivity index (χ2n) is 8.79. The van der Waals surface area contributed by atoms with Gasteiger partial charge in [0.05, 0.1) is 16.8 Å². The van der Waals surface area contributed by atoms with E-state index in [1.807, 2.05) is 45.3 Å². The fourth-order valence-corrected chi connectivity index (χ4v) is 4.71. The molecule has 32 heavy (non-hydrogen) atoms. The van der Waals surface area contributed by atoms with Gasteiger partial charge in [-0.05, 0) is 44.7 Å². The van der Waals surface area contributed by atoms with Crippen LogP contribution in [0.2, 0.25) is 0 Å². The van der Waals surface area contributed by atoms with Gasteiger partial charge in [-0.25, -0.2) is 0 Å². The molecule has 1 fully saturated rings. The van der Waals surface area contributed by atoms with Crippen molar-refractivity contribution in [2.75, 3.05) is 13.1 Å². The summed E-state index contributed by atoms with van der Waals surface area (Å²) in [5, 5.41) is 8.30. The predicted octanol–water partition coefficient (Wildman–Crippen LogP) is 3.58. The molecule has 1 amide bonds. The molecule has 1 atom stereocenters. The second-order valence-corrected chi connectivity index (χ2v) is 8.79. The van der Waals surface area contributed by atoms with Crippen LogP contribution in [0.1, 0.15) is 51.4 Å². The van der Waals surface area contributed by atoms with Gasteiger partial charge in [-0.2, -0.15) is 5.10 Å². The largest absolute Gasteiger partial charge is 0.489 e. The molecule has 0 unspecified atom stereocenters. The lowest BCUT2D eigenvalue weighted by Crippen LogP contribution is -2.44. The first-order valence-corrected chi connectivity index (χ1v) is 11.0. The van der Waals surface area contributed by atoms with Gasteiger partial charge in [0.1, 0.15) is 11.9 Å². The van der Waals surface area contributed by atoms with Gasteiger partial charge in [-0.15, -0.1) is 0 Å². The van der Waals surface area contributed by atoms with E-state index in [0.29, 0.717) is 42.3 Å². The Kier molecular flexibility index (Phi) is 5.07. The molecule has 1 aromatic carbocycles. The lowest BCUT2D eigenvalue weighted by Gasteiger charge is -2.37. The molecule has 2 aliphatic rings. The van der Waals surface area contributed by atoms with Crippen LogP contribution in [-0.4, -0.2) is 50.7 Å². The molecule has 8 nitrogen and oxygen atoms in total. The van der Waals surface area contributed by atoms with Crippen molar-refractivity contribution in [2.45, 2.75) is 39.2 Å². The first-order valence-electron chi connectivity index (χ1n) is 11.0. The lowest BCUT2D eigenvalue weighted by molar-refractivity contribution is 0.0447. The molecule has 5 rings (SSSR count). The molecule has 4 heterocycles. The summed E-state index contributed by atoms with van der Waals surface area (Å²) in [5.41, 5.74) is 3.69. The molecule has 0 radical (unpaired) electrons. The number of benzene rings is 1. The predicted molar refractivity (Wildman–Crippen MR) is 117 cm³/mol. The van der Waals surface area contributed by atoms with Crippen LogP contribution < -0.4 is 4.74 Å². The van der Waals surface area contributed by atoms with Crippen molar-refractivity contribution in [2.24, 2.45) is 13.0 Å². The highest BCUT2D eigenvalue weighted by molar-refractivity contribution is 6.00. The van der Waals surface area contributed by atoms with Gasteiger partial charge in [-0.1, -0.05) is 16.8 Å². The SMILES string of the molecule is Cc1ccc2c(c1)C(=O)C[C@H](C1CCN(C(=O)c3cc(-c4cn(C)nc4C)on3)CC1)O2. The molecule has 0 spiro atoms. The van der Waals surface area contributed by atoms with Crippen LogP contribution in [0.15, 0.2) is 35.0 Å². The van der Waals surface area contributed by atoms with Crippen molar-refractivity contribution in [1.82, 2.24) is 19.8 Å². The summed E-state index contributed by atoms with van der Waals surface area (Å²) in [4.78, 5) is 27.4. The normalized spacial score (nSPS) is 19.0. The minimum Gasteiger partial charge on any atom is -0.489 e. The van der Waals surface area contributed by atoms with Crippen molar-refractivity contribution in [1.29, 1.82) is 0 Å². The molecular formula is C24H26N4O4. The number of nitrogens with zero attached hydrogens (tertiary/aromatic N) is 4. The standard InChI is InChI=1S/C24H26N4O4/c1-14-4-5-21-17(10-14)20(29)12-22(31-21)16-6-8-28(9-7-16)24(30)19-11-23(32-26-19)18-13-27(3)25-15(18)2/h4-5,10-11,13,16,22H,6-9,12H2,1-3H3/t22-/m1/s1. The van der Waals surface area contributed by atoms with E-state index in [-0.39, 0.29) is 23.7 Å². The number of aromatic nitrogens is 3. The fraction of sp³-hybridized carbons (Fsp3) is 0.417. The third-order valence-corrected chi connectivity index (χ3v) is 6.46. The van der Waals surface area contributed by atoms with Gasteiger partial charge < -0.3 is 14.2 Å². The van der Waals surface area contributed by atoms with Crippen LogP contribution in [0.3, 0.4) is 0 Å². The third kappa shape index (κ3) is 3.70. The number of hydrogen-bond acceptors (Lipinski definition) is 6. The molecule has 0 N–H and O–H groups in total. The van der Waals surface area contributed by atoms with Crippen molar-refractivity contribution in [3.05, 3.63) is 53.0 Å². The highest BCUT2D eigenvalue weighted by Crippen LogP contribution is 2.34. The van der Waals surface area contributed by atoms with Crippen molar-refractivity contribution in [3.63, 3.8) is 0 Å². The number of carbonyl (C=O) groups is 2. The van der Waals surface area contributed by atoms with Crippen LogP contribution in [0.5, 0.6) is 5.75 Å². The van der Waals surface area contributed by atoms with Crippen molar-refractivity contribution >= 4 is 11.7 Å². The molecule has 2 aromatic heterocycles. The Morgan fingerprint density at radius 1 is 1.12 bits per heavy atom. The number of aryl methyl sites for hydroxylation is 3. The summed E-state index contributed by atoms with van der Waals surface area (Å²) in [5.74, 6) is 1.46. The van der Waals surface area contributed by atoms with Crippen LogP contribution in [0.4, 0.5) is 0 Å². The maximum absolute atomic E-state index is 13.0. The number of piperidine rings is 1. The molecule has 166 valence electrons. The summed E-state index contributed by atoms with van der Waals surface area (Å²) in [6, 6.07) is 7.43. The quantitative estimate of drug-likeness (QED) is 0.626. The van der Waals surface area contributed by atoms with E-state index in [4.69, 9.17) is 9.26 Å². The second kappa shape index (κ2) is 7.93. The number of fused-ring (bicyclic) bond motifs is 1. The molecule has 3 aromatic rings. The number of amides is 1. The fourth-order valence-electron chi connectivity index (χ4n) is 4.71. The highest BCUT2D eigenvalue weighted by atomic mass is 16.5. The van der Waals surface area contributed by atoms with E-state index in [0.717, 1.165) is 29.7 Å². The number of ketones is 1. The molecule has 1 saturated heterocycles. The van der Waals surface area contributed by atoms with Crippen molar-refractivity contribution in [3.8, 4) is 17.1 Å². The Labute approximate surface area is 186 Å². The van der Waals surface area contributed by atoms with E-state index in [1.54, 1.807) is 15.6 Å². The molecule has 0 aliphatic carbocycles. The van der Waals surface area contributed by atoms with Gasteiger partial charge in [0.15, 0.2) is 17.2 Å². The minimum absolute atomic E-state index is 0.137.